The number of nitrogens with two attached hydrogens (primary N) is 1. The molecule has 0 spiro atoms. The Morgan fingerprint density at radius 3 is 2.55 bits per heavy atom. The Labute approximate surface area is 175 Å². The lowest BCUT2D eigenvalue weighted by Gasteiger charge is -2.11. The van der Waals surface area contributed by atoms with Gasteiger partial charge in [0.25, 0.3) is 11.6 Å². The van der Waals surface area contributed by atoms with Crippen molar-refractivity contribution in [1.82, 2.24) is 5.32 Å². The first kappa shape index (κ1) is 20.6. The lowest BCUT2D eigenvalue weighted by atomic mass is 9.95. The summed E-state index contributed by atoms with van der Waals surface area (Å²) in [6.07, 6.45) is 6.57. The van der Waals surface area contributed by atoms with Crippen molar-refractivity contribution >= 4 is 57.2 Å². The maximum absolute atomic E-state index is 12.1. The average Bonchev–Trinajstić information content (AvgIpc) is 3.04. The fourth-order valence-electron chi connectivity index (χ4n) is 3.08. The predicted octanol–water partition coefficient (Wildman–Crippen LogP) is 3.16. The molecule has 3 rings (SSSR count). The lowest BCUT2D eigenvalue weighted by molar-refractivity contribution is -0.384. The summed E-state index contributed by atoms with van der Waals surface area (Å²) >= 11 is 6.61. The first-order valence-corrected chi connectivity index (χ1v) is 10.1. The number of thiocarbonyl (C=S) groups is 1. The zero-order chi connectivity index (χ0) is 21.0. The van der Waals surface area contributed by atoms with Crippen LogP contribution in [0.2, 0.25) is 0 Å². The third kappa shape index (κ3) is 5.04. The third-order valence-electron chi connectivity index (χ3n) is 4.41. The van der Waals surface area contributed by atoms with Gasteiger partial charge < -0.3 is 11.1 Å². The van der Waals surface area contributed by atoms with Crippen LogP contribution in [-0.4, -0.2) is 21.9 Å². The Hall–Kier alpha value is -3.11. The van der Waals surface area contributed by atoms with E-state index < -0.39 is 16.7 Å². The van der Waals surface area contributed by atoms with Crippen molar-refractivity contribution in [2.24, 2.45) is 5.73 Å². The number of rotatable bonds is 5. The molecule has 150 valence electrons. The molecule has 4 N–H and O–H groups in total. The van der Waals surface area contributed by atoms with Crippen LogP contribution >= 0.6 is 23.6 Å². The minimum atomic E-state index is -0.515. The number of fused-ring (bicyclic) bond motifs is 1. The number of non-ortho nitro benzene ring substituents is 1. The van der Waals surface area contributed by atoms with Gasteiger partial charge in [0.2, 0.25) is 5.91 Å². The quantitative estimate of drug-likeness (QED) is 0.289. The van der Waals surface area contributed by atoms with E-state index in [1.807, 2.05) is 0 Å². The van der Waals surface area contributed by atoms with E-state index in [1.165, 1.54) is 47.8 Å². The minimum absolute atomic E-state index is 0.0270. The molecule has 0 radical (unpaired) electrons. The van der Waals surface area contributed by atoms with Gasteiger partial charge in [-0.2, -0.15) is 0 Å². The Morgan fingerprint density at radius 1 is 1.21 bits per heavy atom. The fraction of sp³-hybridized carbons (Fsp3) is 0.211. The van der Waals surface area contributed by atoms with Gasteiger partial charge in [0.1, 0.15) is 5.00 Å². The molecule has 1 heterocycles. The van der Waals surface area contributed by atoms with Crippen LogP contribution in [0.4, 0.5) is 10.7 Å². The highest BCUT2D eigenvalue weighted by molar-refractivity contribution is 7.80. The molecule has 2 amide bonds. The van der Waals surface area contributed by atoms with E-state index >= 15 is 0 Å². The number of carbonyl (C=O) groups is 2. The lowest BCUT2D eigenvalue weighted by Crippen LogP contribution is -2.33. The summed E-state index contributed by atoms with van der Waals surface area (Å²) in [5.41, 5.74) is 7.57. The Kier molecular flexibility index (Phi) is 6.35. The molecule has 1 aliphatic rings. The van der Waals surface area contributed by atoms with Crippen molar-refractivity contribution in [3.05, 3.63) is 62.0 Å². The van der Waals surface area contributed by atoms with Crippen molar-refractivity contribution in [3.8, 4) is 0 Å². The van der Waals surface area contributed by atoms with E-state index in [-0.39, 0.29) is 10.8 Å². The predicted molar refractivity (Wildman–Crippen MR) is 116 cm³/mol. The number of thiophene rings is 1. The summed E-state index contributed by atoms with van der Waals surface area (Å²) in [6.45, 7) is 0. The van der Waals surface area contributed by atoms with Crippen LogP contribution in [0.15, 0.2) is 30.3 Å². The number of hydrogen-bond donors (Lipinski definition) is 3. The normalized spacial score (nSPS) is 13.0. The van der Waals surface area contributed by atoms with E-state index in [4.69, 9.17) is 18.0 Å². The van der Waals surface area contributed by atoms with Crippen LogP contribution in [0.3, 0.4) is 0 Å². The minimum Gasteiger partial charge on any atom is -0.365 e. The molecule has 1 aromatic heterocycles. The second-order valence-electron chi connectivity index (χ2n) is 6.40. The van der Waals surface area contributed by atoms with Crippen LogP contribution < -0.4 is 16.4 Å². The summed E-state index contributed by atoms with van der Waals surface area (Å²) < 4.78 is 0. The molecular weight excluding hydrogens is 412 g/mol. The molecule has 0 atom stereocenters. The van der Waals surface area contributed by atoms with Gasteiger partial charge in [-0.3, -0.25) is 25.0 Å². The van der Waals surface area contributed by atoms with E-state index in [0.29, 0.717) is 16.1 Å². The first-order chi connectivity index (χ1) is 13.8. The monoisotopic (exact) mass is 430 g/mol. The number of primary amides is 1. The van der Waals surface area contributed by atoms with Crippen LogP contribution in [0.1, 0.15) is 39.2 Å². The number of nitro groups is 1. The van der Waals surface area contributed by atoms with Crippen molar-refractivity contribution < 1.29 is 14.5 Å². The summed E-state index contributed by atoms with van der Waals surface area (Å²) in [5.74, 6) is -0.984. The number of nitro benzene ring substituents is 1. The first-order valence-electron chi connectivity index (χ1n) is 8.84. The van der Waals surface area contributed by atoms with E-state index in [1.54, 1.807) is 0 Å². The number of aryl methyl sites for hydroxylation is 1. The molecule has 0 fully saturated rings. The third-order valence-corrected chi connectivity index (χ3v) is 5.82. The Balaban J connectivity index is 1.63. The fourth-order valence-corrected chi connectivity index (χ4v) is 4.65. The molecule has 0 unspecified atom stereocenters. The molecule has 29 heavy (non-hydrogen) atoms. The highest BCUT2D eigenvalue weighted by atomic mass is 32.1. The van der Waals surface area contributed by atoms with Gasteiger partial charge in [-0.15, -0.1) is 11.3 Å². The van der Waals surface area contributed by atoms with E-state index in [0.717, 1.165) is 36.1 Å². The van der Waals surface area contributed by atoms with Crippen LogP contribution in [0, 0.1) is 10.1 Å². The maximum Gasteiger partial charge on any atom is 0.269 e. The SMILES string of the molecule is NC(=O)c1c(NC(=S)NC(=O)/C=C/c2ccc([N+](=O)[O-])cc2)sc2c1CCCC2. The smallest absolute Gasteiger partial charge is 0.269 e. The largest absolute Gasteiger partial charge is 0.365 e. The van der Waals surface area contributed by atoms with Crippen molar-refractivity contribution in [2.45, 2.75) is 25.7 Å². The zero-order valence-electron chi connectivity index (χ0n) is 15.3. The summed E-state index contributed by atoms with van der Waals surface area (Å²) in [5, 5.41) is 16.7. The van der Waals surface area contributed by atoms with Gasteiger partial charge in [-0.25, -0.2) is 0 Å². The van der Waals surface area contributed by atoms with E-state index in [2.05, 4.69) is 10.6 Å². The maximum atomic E-state index is 12.1. The van der Waals surface area contributed by atoms with Gasteiger partial charge in [0.15, 0.2) is 5.11 Å². The van der Waals surface area contributed by atoms with Gasteiger partial charge in [-0.1, -0.05) is 0 Å². The molecule has 0 saturated carbocycles. The number of hydrogen-bond acceptors (Lipinski definition) is 6. The molecule has 0 bridgehead atoms. The van der Waals surface area contributed by atoms with Crippen LogP contribution in [-0.2, 0) is 17.6 Å². The summed E-state index contributed by atoms with van der Waals surface area (Å²) in [4.78, 5) is 35.3. The molecule has 8 nitrogen and oxygen atoms in total. The second-order valence-corrected chi connectivity index (χ2v) is 7.92. The van der Waals surface area contributed by atoms with Gasteiger partial charge in [0, 0.05) is 23.1 Å². The number of benzene rings is 1. The highest BCUT2D eigenvalue weighted by Crippen LogP contribution is 2.37. The van der Waals surface area contributed by atoms with Crippen molar-refractivity contribution in [3.63, 3.8) is 0 Å². The molecule has 2 aromatic rings. The molecule has 1 aromatic carbocycles. The van der Waals surface area contributed by atoms with Gasteiger partial charge in [0.05, 0.1) is 10.5 Å². The second kappa shape index (κ2) is 8.93. The van der Waals surface area contributed by atoms with Crippen molar-refractivity contribution in [2.75, 3.05) is 5.32 Å². The average molecular weight is 431 g/mol. The molecule has 0 aliphatic heterocycles. The summed E-state index contributed by atoms with van der Waals surface area (Å²) in [7, 11) is 0. The number of nitrogens with one attached hydrogen (secondary N) is 2. The van der Waals surface area contributed by atoms with Crippen LogP contribution in [0.5, 0.6) is 0 Å². The number of amides is 2. The number of anilines is 1. The molecule has 0 saturated heterocycles. The Morgan fingerprint density at radius 2 is 1.90 bits per heavy atom. The van der Waals surface area contributed by atoms with Crippen LogP contribution in [0.25, 0.3) is 6.08 Å². The standard InChI is InChI=1S/C19H18N4O4S2/c20-17(25)16-13-3-1-2-4-14(13)29-18(16)22-19(28)21-15(24)10-7-11-5-8-12(9-6-11)23(26)27/h5-10H,1-4H2,(H2,20,25)(H2,21,22,24,28)/b10-7+. The highest BCUT2D eigenvalue weighted by Gasteiger charge is 2.24. The molecule has 10 heteroatoms. The van der Waals surface area contributed by atoms with Gasteiger partial charge in [-0.05, 0) is 67.2 Å². The zero-order valence-corrected chi connectivity index (χ0v) is 16.9. The van der Waals surface area contributed by atoms with E-state index in [9.17, 15) is 19.7 Å². The van der Waals surface area contributed by atoms with Gasteiger partial charge >= 0.3 is 0 Å². The summed E-state index contributed by atoms with van der Waals surface area (Å²) in [6, 6.07) is 5.78. The topological polar surface area (TPSA) is 127 Å². The molecular formula is C19H18N4O4S2. The number of carbonyl (C=O) groups excluding carboxylic acids is 2. The molecule has 1 aliphatic carbocycles. The number of nitrogens with zero attached hydrogens (tertiary/aromatic N) is 1. The van der Waals surface area contributed by atoms with Crippen molar-refractivity contribution in [1.29, 1.82) is 0 Å². The Bertz CT molecular complexity index is 1010.